The molecular formula is C19H24ClF4N5. The van der Waals surface area contributed by atoms with E-state index in [1.807, 2.05) is 20.0 Å². The molecule has 3 rings (SSSR count). The van der Waals surface area contributed by atoms with Gasteiger partial charge in [-0.25, -0.2) is 9.37 Å². The number of aromatic nitrogens is 2. The van der Waals surface area contributed by atoms with E-state index in [0.717, 1.165) is 56.0 Å². The number of aryl methyl sites for hydroxylation is 1. The minimum Gasteiger partial charge on any atom is -0.355 e. The fourth-order valence-corrected chi connectivity index (χ4v) is 3.24. The molecule has 0 radical (unpaired) electrons. The van der Waals surface area contributed by atoms with Crippen LogP contribution in [0.15, 0.2) is 24.3 Å². The van der Waals surface area contributed by atoms with E-state index in [0.29, 0.717) is 6.04 Å². The molecule has 2 N–H and O–H groups in total. The molecule has 0 unspecified atom stereocenters. The Hall–Kier alpha value is -2.13. The molecule has 1 fully saturated rings. The number of halogens is 5. The summed E-state index contributed by atoms with van der Waals surface area (Å²) in [5, 5.41) is 6.04. The summed E-state index contributed by atoms with van der Waals surface area (Å²) in [6, 6.07) is 5.05. The lowest BCUT2D eigenvalue weighted by Gasteiger charge is -2.19. The van der Waals surface area contributed by atoms with Gasteiger partial charge in [0.2, 0.25) is 5.95 Å². The Labute approximate surface area is 173 Å². The highest BCUT2D eigenvalue weighted by molar-refractivity contribution is 5.85. The van der Waals surface area contributed by atoms with Crippen LogP contribution in [-0.4, -0.2) is 36.1 Å². The highest BCUT2D eigenvalue weighted by Crippen LogP contribution is 2.33. The smallest absolute Gasteiger partial charge is 0.355 e. The Balaban J connectivity index is 0.00000300. The number of rotatable bonds is 6. The molecule has 0 bridgehead atoms. The first-order valence-electron chi connectivity index (χ1n) is 9.24. The van der Waals surface area contributed by atoms with Crippen molar-refractivity contribution in [2.75, 3.05) is 30.4 Å². The molecule has 29 heavy (non-hydrogen) atoms. The van der Waals surface area contributed by atoms with Crippen molar-refractivity contribution in [3.8, 4) is 0 Å². The summed E-state index contributed by atoms with van der Waals surface area (Å²) in [6.45, 7) is 3.66. The van der Waals surface area contributed by atoms with E-state index in [1.54, 1.807) is 0 Å². The molecule has 160 valence electrons. The summed E-state index contributed by atoms with van der Waals surface area (Å²) in [5.74, 6) is -0.375. The third-order valence-corrected chi connectivity index (χ3v) is 4.72. The number of nitrogens with zero attached hydrogens (tertiary/aromatic N) is 3. The number of nitrogens with one attached hydrogen (secondary N) is 2. The fraction of sp³-hybridized carbons (Fsp3) is 0.474. The lowest BCUT2D eigenvalue weighted by atomic mass is 10.2. The second-order valence-corrected chi connectivity index (χ2v) is 6.83. The van der Waals surface area contributed by atoms with Crippen molar-refractivity contribution in [1.82, 2.24) is 15.3 Å². The molecule has 1 saturated heterocycles. The molecular weight excluding hydrogens is 410 g/mol. The van der Waals surface area contributed by atoms with Gasteiger partial charge in [-0.15, -0.1) is 12.4 Å². The van der Waals surface area contributed by atoms with Crippen LogP contribution in [-0.2, 0) is 12.6 Å². The van der Waals surface area contributed by atoms with Crippen LogP contribution < -0.4 is 15.5 Å². The number of benzene rings is 1. The second kappa shape index (κ2) is 9.58. The average Bonchev–Trinajstić information content (AvgIpc) is 3.12. The van der Waals surface area contributed by atoms with Crippen molar-refractivity contribution in [2.24, 2.45) is 0 Å². The van der Waals surface area contributed by atoms with E-state index in [4.69, 9.17) is 0 Å². The van der Waals surface area contributed by atoms with E-state index < -0.39 is 17.6 Å². The Morgan fingerprint density at radius 2 is 1.97 bits per heavy atom. The first-order valence-corrected chi connectivity index (χ1v) is 9.24. The second-order valence-electron chi connectivity index (χ2n) is 6.83. The molecule has 2 heterocycles. The van der Waals surface area contributed by atoms with Crippen LogP contribution in [0.1, 0.15) is 31.0 Å². The molecule has 0 amide bonds. The van der Waals surface area contributed by atoms with Crippen LogP contribution in [0.4, 0.5) is 35.0 Å². The fourth-order valence-electron chi connectivity index (χ4n) is 3.24. The van der Waals surface area contributed by atoms with Crippen molar-refractivity contribution in [2.45, 2.75) is 38.4 Å². The van der Waals surface area contributed by atoms with Crippen molar-refractivity contribution in [1.29, 1.82) is 0 Å². The quantitative estimate of drug-likeness (QED) is 0.654. The average molecular weight is 434 g/mol. The standard InChI is InChI=1S/C19H23F4N5.ClH/c1-3-4-12-10-17(28-8-7-14(11-28)24-2)27-18(25-12)26-13-5-6-16(20)15(9-13)19(21,22)23;/h5-6,9-10,14,24H,3-4,7-8,11H2,1-2H3,(H,25,26,27);1H/t14-;/m0./s1. The third-order valence-electron chi connectivity index (χ3n) is 4.72. The number of alkyl halides is 3. The molecule has 1 atom stereocenters. The topological polar surface area (TPSA) is 53.1 Å². The van der Waals surface area contributed by atoms with Gasteiger partial charge in [0.1, 0.15) is 11.6 Å². The molecule has 0 spiro atoms. The van der Waals surface area contributed by atoms with Crippen molar-refractivity contribution < 1.29 is 17.6 Å². The van der Waals surface area contributed by atoms with E-state index in [-0.39, 0.29) is 24.0 Å². The van der Waals surface area contributed by atoms with Gasteiger partial charge in [-0.2, -0.15) is 18.2 Å². The Morgan fingerprint density at radius 1 is 1.21 bits per heavy atom. The minimum atomic E-state index is -4.77. The normalized spacial score (nSPS) is 16.6. The zero-order valence-corrected chi connectivity index (χ0v) is 17.0. The van der Waals surface area contributed by atoms with Gasteiger partial charge in [0.25, 0.3) is 0 Å². The van der Waals surface area contributed by atoms with Crippen LogP contribution >= 0.6 is 12.4 Å². The van der Waals surface area contributed by atoms with E-state index >= 15 is 0 Å². The summed E-state index contributed by atoms with van der Waals surface area (Å²) in [7, 11) is 1.91. The highest BCUT2D eigenvalue weighted by Gasteiger charge is 2.34. The largest absolute Gasteiger partial charge is 0.419 e. The van der Waals surface area contributed by atoms with Gasteiger partial charge in [0.15, 0.2) is 0 Å². The number of anilines is 3. The van der Waals surface area contributed by atoms with Crippen LogP contribution in [0.5, 0.6) is 0 Å². The monoisotopic (exact) mass is 433 g/mol. The molecule has 1 aromatic heterocycles. The SMILES string of the molecule is CCCc1cc(N2CC[C@H](NC)C2)nc(Nc2ccc(F)c(C(F)(F)F)c2)n1.Cl. The van der Waals surface area contributed by atoms with Crippen LogP contribution in [0.2, 0.25) is 0 Å². The zero-order chi connectivity index (χ0) is 20.3. The predicted molar refractivity (Wildman–Crippen MR) is 108 cm³/mol. The Bertz CT molecular complexity index is 831. The zero-order valence-electron chi connectivity index (χ0n) is 16.2. The summed E-state index contributed by atoms with van der Waals surface area (Å²) in [4.78, 5) is 11.0. The first-order chi connectivity index (χ1) is 13.3. The maximum Gasteiger partial charge on any atom is 0.419 e. The number of hydrogen-bond acceptors (Lipinski definition) is 5. The van der Waals surface area contributed by atoms with Gasteiger partial charge >= 0.3 is 6.18 Å². The third kappa shape index (κ3) is 5.70. The molecule has 5 nitrogen and oxygen atoms in total. The van der Waals surface area contributed by atoms with Gasteiger partial charge in [-0.1, -0.05) is 13.3 Å². The van der Waals surface area contributed by atoms with E-state index in [9.17, 15) is 17.6 Å². The Morgan fingerprint density at radius 3 is 2.59 bits per heavy atom. The van der Waals surface area contributed by atoms with Crippen LogP contribution in [0.3, 0.4) is 0 Å². The van der Waals surface area contributed by atoms with Crippen LogP contribution in [0, 0.1) is 5.82 Å². The van der Waals surface area contributed by atoms with Crippen molar-refractivity contribution in [3.05, 3.63) is 41.3 Å². The van der Waals surface area contributed by atoms with Crippen molar-refractivity contribution in [3.63, 3.8) is 0 Å². The van der Waals surface area contributed by atoms with Crippen LogP contribution in [0.25, 0.3) is 0 Å². The maximum absolute atomic E-state index is 13.5. The van der Waals surface area contributed by atoms with Gasteiger partial charge < -0.3 is 15.5 Å². The molecule has 10 heteroatoms. The predicted octanol–water partition coefficient (Wildman–Crippen LogP) is 4.55. The summed E-state index contributed by atoms with van der Waals surface area (Å²) in [5.41, 5.74) is -0.428. The summed E-state index contributed by atoms with van der Waals surface area (Å²) in [6.07, 6.45) is -2.18. The Kier molecular flexibility index (Phi) is 7.65. The maximum atomic E-state index is 13.5. The lowest BCUT2D eigenvalue weighted by Crippen LogP contribution is -2.30. The first kappa shape index (κ1) is 23.2. The highest BCUT2D eigenvalue weighted by atomic mass is 35.5. The van der Waals surface area contributed by atoms with E-state index in [1.165, 1.54) is 6.07 Å². The molecule has 2 aromatic rings. The summed E-state index contributed by atoms with van der Waals surface area (Å²) >= 11 is 0. The minimum absolute atomic E-state index is 0. The molecule has 0 saturated carbocycles. The van der Waals surface area contributed by atoms with Gasteiger partial charge in [0, 0.05) is 36.6 Å². The van der Waals surface area contributed by atoms with Crippen molar-refractivity contribution >= 4 is 29.9 Å². The molecule has 1 aliphatic heterocycles. The molecule has 1 aliphatic rings. The molecule has 1 aromatic carbocycles. The van der Waals surface area contributed by atoms with Gasteiger partial charge in [-0.3, -0.25) is 0 Å². The summed E-state index contributed by atoms with van der Waals surface area (Å²) < 4.78 is 52.4. The van der Waals surface area contributed by atoms with E-state index in [2.05, 4.69) is 25.5 Å². The molecule has 0 aliphatic carbocycles. The van der Waals surface area contributed by atoms with Gasteiger partial charge in [-0.05, 0) is 38.1 Å². The lowest BCUT2D eigenvalue weighted by molar-refractivity contribution is -0.139. The number of likely N-dealkylation sites (N-methyl/N-ethyl adjacent to an activating group) is 1. The number of hydrogen-bond donors (Lipinski definition) is 2. The van der Waals surface area contributed by atoms with Gasteiger partial charge in [0.05, 0.1) is 5.56 Å².